The molecule has 0 saturated heterocycles. The van der Waals surface area contributed by atoms with Crippen molar-refractivity contribution in [3.05, 3.63) is 106 Å². The van der Waals surface area contributed by atoms with Crippen LogP contribution in [0.1, 0.15) is 17.0 Å². The fraction of sp³-hybridized carbons (Fsp3) is 0.0870. The highest BCUT2D eigenvalue weighted by atomic mass is 16.6. The van der Waals surface area contributed by atoms with Crippen molar-refractivity contribution in [2.45, 2.75) is 13.0 Å². The number of non-ortho nitro benzene ring substituents is 1. The second-order valence-corrected chi connectivity index (χ2v) is 6.91. The van der Waals surface area contributed by atoms with Gasteiger partial charge in [0.25, 0.3) is 11.6 Å². The van der Waals surface area contributed by atoms with E-state index in [9.17, 15) is 14.9 Å². The fourth-order valence-corrected chi connectivity index (χ4v) is 3.29. The van der Waals surface area contributed by atoms with Crippen molar-refractivity contribution in [2.75, 3.05) is 0 Å². The van der Waals surface area contributed by atoms with Gasteiger partial charge in [-0.25, -0.2) is 10.4 Å². The number of nitro benzene ring substituents is 1. The summed E-state index contributed by atoms with van der Waals surface area (Å²) >= 11 is 0. The van der Waals surface area contributed by atoms with Crippen molar-refractivity contribution < 1.29 is 9.72 Å². The van der Waals surface area contributed by atoms with Crippen LogP contribution >= 0.6 is 0 Å². The minimum Gasteiger partial charge on any atom is -0.318 e. The number of imidazole rings is 1. The van der Waals surface area contributed by atoms with Crippen LogP contribution in [0, 0.1) is 10.1 Å². The molecule has 0 atom stereocenters. The van der Waals surface area contributed by atoms with Crippen LogP contribution in [0.25, 0.3) is 11.0 Å². The van der Waals surface area contributed by atoms with E-state index < -0.39 is 4.92 Å². The number of para-hydroxylation sites is 2. The van der Waals surface area contributed by atoms with Gasteiger partial charge in [-0.1, -0.05) is 54.6 Å². The molecule has 1 N–H and O–H groups in total. The Bertz CT molecular complexity index is 1260. The molecule has 8 nitrogen and oxygen atoms in total. The van der Waals surface area contributed by atoms with Crippen molar-refractivity contribution in [2.24, 2.45) is 5.10 Å². The van der Waals surface area contributed by atoms with Gasteiger partial charge < -0.3 is 4.57 Å². The topological polar surface area (TPSA) is 102 Å². The number of hydrogen-bond acceptors (Lipinski definition) is 5. The summed E-state index contributed by atoms with van der Waals surface area (Å²) < 4.78 is 1.88. The Hall–Kier alpha value is -4.33. The molecular weight excluding hydrogens is 394 g/mol. The van der Waals surface area contributed by atoms with Crippen molar-refractivity contribution in [1.29, 1.82) is 0 Å². The molecule has 0 aliphatic rings. The number of nitrogens with one attached hydrogen (secondary N) is 1. The Kier molecular flexibility index (Phi) is 5.79. The van der Waals surface area contributed by atoms with Crippen molar-refractivity contribution >= 4 is 28.8 Å². The minimum atomic E-state index is -0.478. The summed E-state index contributed by atoms with van der Waals surface area (Å²) in [7, 11) is 0. The second-order valence-electron chi connectivity index (χ2n) is 6.91. The van der Waals surface area contributed by atoms with Gasteiger partial charge in [0, 0.05) is 24.1 Å². The maximum absolute atomic E-state index is 12.5. The predicted molar refractivity (Wildman–Crippen MR) is 118 cm³/mol. The summed E-state index contributed by atoms with van der Waals surface area (Å²) in [5.74, 6) is 0.462. The summed E-state index contributed by atoms with van der Waals surface area (Å²) in [6, 6.07) is 23.6. The van der Waals surface area contributed by atoms with E-state index in [1.54, 1.807) is 12.1 Å². The van der Waals surface area contributed by atoms with Gasteiger partial charge in [0.15, 0.2) is 0 Å². The summed E-state index contributed by atoms with van der Waals surface area (Å²) in [5, 5.41) is 14.8. The Morgan fingerprint density at radius 3 is 2.65 bits per heavy atom. The highest BCUT2D eigenvalue weighted by Crippen LogP contribution is 2.18. The van der Waals surface area contributed by atoms with Crippen LogP contribution in [0.4, 0.5) is 5.69 Å². The zero-order valence-electron chi connectivity index (χ0n) is 16.5. The third-order valence-corrected chi connectivity index (χ3v) is 4.72. The fourth-order valence-electron chi connectivity index (χ4n) is 3.29. The van der Waals surface area contributed by atoms with E-state index in [4.69, 9.17) is 4.98 Å². The number of benzene rings is 3. The number of nitro groups is 1. The Labute approximate surface area is 178 Å². The molecule has 1 heterocycles. The van der Waals surface area contributed by atoms with Gasteiger partial charge >= 0.3 is 0 Å². The molecule has 0 bridgehead atoms. The van der Waals surface area contributed by atoms with E-state index in [1.807, 2.05) is 59.2 Å². The third-order valence-electron chi connectivity index (χ3n) is 4.72. The Balaban J connectivity index is 1.51. The Morgan fingerprint density at radius 2 is 1.84 bits per heavy atom. The number of rotatable bonds is 7. The first-order valence-corrected chi connectivity index (χ1v) is 9.64. The lowest BCUT2D eigenvalue weighted by atomic mass is 10.1. The number of fused-ring (bicyclic) bond motifs is 1. The van der Waals surface area contributed by atoms with Crippen LogP contribution in [-0.4, -0.2) is 26.6 Å². The number of hydrazone groups is 1. The number of carbonyl (C=O) groups excluding carboxylic acids is 1. The van der Waals surface area contributed by atoms with Gasteiger partial charge in [-0.2, -0.15) is 5.10 Å². The van der Waals surface area contributed by atoms with Gasteiger partial charge in [-0.15, -0.1) is 0 Å². The molecule has 1 amide bonds. The monoisotopic (exact) mass is 413 g/mol. The molecular formula is C23H19N5O3. The molecule has 0 unspecified atom stereocenters. The van der Waals surface area contributed by atoms with Crippen LogP contribution in [0.2, 0.25) is 0 Å². The zero-order valence-corrected chi connectivity index (χ0v) is 16.5. The van der Waals surface area contributed by atoms with E-state index in [1.165, 1.54) is 18.3 Å². The van der Waals surface area contributed by atoms with E-state index in [-0.39, 0.29) is 18.1 Å². The standard InChI is InChI=1S/C23H19N5O3/c29-23(26-24-15-18-9-6-10-19(13-18)28(30)31)16-27-21-12-5-4-11-20(21)25-22(27)14-17-7-2-1-3-8-17/h1-13,15H,14,16H2,(H,26,29). The number of nitrogens with zero attached hydrogens (tertiary/aromatic N) is 4. The summed E-state index contributed by atoms with van der Waals surface area (Å²) in [6.07, 6.45) is 1.97. The number of aromatic nitrogens is 2. The number of carbonyl (C=O) groups is 1. The second kappa shape index (κ2) is 9.00. The smallest absolute Gasteiger partial charge is 0.270 e. The molecule has 0 radical (unpaired) electrons. The SMILES string of the molecule is O=C(Cn1c(Cc2ccccc2)nc2ccccc21)NN=Cc1cccc([N+](=O)[O-])c1. The average molecular weight is 413 g/mol. The summed E-state index contributed by atoms with van der Waals surface area (Å²) in [5.41, 5.74) is 5.76. The lowest BCUT2D eigenvalue weighted by Gasteiger charge is -2.08. The van der Waals surface area contributed by atoms with Crippen molar-refractivity contribution in [3.63, 3.8) is 0 Å². The maximum atomic E-state index is 12.5. The lowest BCUT2D eigenvalue weighted by Crippen LogP contribution is -2.24. The summed E-state index contributed by atoms with van der Waals surface area (Å²) in [6.45, 7) is 0.0506. The Morgan fingerprint density at radius 1 is 1.06 bits per heavy atom. The predicted octanol–water partition coefficient (Wildman–Crippen LogP) is 3.69. The van der Waals surface area contributed by atoms with Gasteiger partial charge in [0.1, 0.15) is 12.4 Å². The van der Waals surface area contributed by atoms with Crippen LogP contribution in [-0.2, 0) is 17.8 Å². The van der Waals surface area contributed by atoms with Crippen molar-refractivity contribution in [3.8, 4) is 0 Å². The molecule has 0 spiro atoms. The van der Waals surface area contributed by atoms with E-state index in [0.29, 0.717) is 12.0 Å². The highest BCUT2D eigenvalue weighted by molar-refractivity contribution is 5.84. The molecule has 0 aliphatic heterocycles. The molecule has 154 valence electrons. The third kappa shape index (κ3) is 4.81. The van der Waals surface area contributed by atoms with Gasteiger partial charge in [0.2, 0.25) is 0 Å². The van der Waals surface area contributed by atoms with Crippen LogP contribution in [0.5, 0.6) is 0 Å². The number of hydrogen-bond donors (Lipinski definition) is 1. The first kappa shape index (κ1) is 20.0. The molecule has 1 aromatic heterocycles. The van der Waals surface area contributed by atoms with Crippen LogP contribution in [0.3, 0.4) is 0 Å². The van der Waals surface area contributed by atoms with Gasteiger partial charge in [0.05, 0.1) is 22.2 Å². The molecule has 0 aliphatic carbocycles. The first-order chi connectivity index (χ1) is 15.1. The van der Waals surface area contributed by atoms with Gasteiger partial charge in [-0.3, -0.25) is 14.9 Å². The minimum absolute atomic E-state index is 0.0364. The molecule has 0 fully saturated rings. The largest absolute Gasteiger partial charge is 0.318 e. The quantitative estimate of drug-likeness (QED) is 0.284. The molecule has 4 aromatic rings. The highest BCUT2D eigenvalue weighted by Gasteiger charge is 2.14. The van der Waals surface area contributed by atoms with E-state index in [2.05, 4.69) is 10.5 Å². The number of amides is 1. The normalized spacial score (nSPS) is 11.1. The molecule has 8 heteroatoms. The lowest BCUT2D eigenvalue weighted by molar-refractivity contribution is -0.384. The van der Waals surface area contributed by atoms with Gasteiger partial charge in [-0.05, 0) is 17.7 Å². The van der Waals surface area contributed by atoms with E-state index in [0.717, 1.165) is 22.4 Å². The molecule has 4 rings (SSSR count). The average Bonchev–Trinajstić information content (AvgIpc) is 3.11. The van der Waals surface area contributed by atoms with Crippen molar-refractivity contribution in [1.82, 2.24) is 15.0 Å². The summed E-state index contributed by atoms with van der Waals surface area (Å²) in [4.78, 5) is 27.6. The maximum Gasteiger partial charge on any atom is 0.270 e. The first-order valence-electron chi connectivity index (χ1n) is 9.64. The molecule has 3 aromatic carbocycles. The van der Waals surface area contributed by atoms with Crippen LogP contribution in [0.15, 0.2) is 84.0 Å². The molecule has 31 heavy (non-hydrogen) atoms. The van der Waals surface area contributed by atoms with Crippen LogP contribution < -0.4 is 5.43 Å². The van der Waals surface area contributed by atoms with E-state index >= 15 is 0 Å². The molecule has 0 saturated carbocycles. The zero-order chi connectivity index (χ0) is 21.6.